The second-order valence-electron chi connectivity index (χ2n) is 10.9. The van der Waals surface area contributed by atoms with E-state index in [2.05, 4.69) is 17.6 Å². The largest absolute Gasteiger partial charge is 0.508 e. The van der Waals surface area contributed by atoms with Crippen LogP contribution in [0.1, 0.15) is 77.0 Å². The summed E-state index contributed by atoms with van der Waals surface area (Å²) in [6.07, 6.45) is 3.98. The standard InChI is InChI=1S/C30H41N3O5/c1-5-6-10-19-31-27(35)26(22-13-17-24(34)18-14-22)33(23-15-16-23)28(36)25(20-21-11-8-7-9-12-21)32-29(37)38-30(2,3)4/h7-9,11-14,17-18,23,25-26,34H,5-6,10,15-16,19-20H2,1-4H3,(H,31,35)(H,32,37). The van der Waals surface area contributed by atoms with Crippen LogP contribution >= 0.6 is 0 Å². The maximum Gasteiger partial charge on any atom is 0.408 e. The minimum absolute atomic E-state index is 0.0775. The Morgan fingerprint density at radius 1 is 1.03 bits per heavy atom. The molecule has 38 heavy (non-hydrogen) atoms. The van der Waals surface area contributed by atoms with Crippen molar-refractivity contribution in [1.29, 1.82) is 0 Å². The first-order chi connectivity index (χ1) is 18.1. The second kappa shape index (κ2) is 13.3. The summed E-state index contributed by atoms with van der Waals surface area (Å²) in [5.74, 6) is -0.541. The zero-order valence-corrected chi connectivity index (χ0v) is 22.9. The Morgan fingerprint density at radius 3 is 2.26 bits per heavy atom. The molecule has 0 spiro atoms. The van der Waals surface area contributed by atoms with Crippen molar-refractivity contribution in [3.63, 3.8) is 0 Å². The summed E-state index contributed by atoms with van der Waals surface area (Å²) >= 11 is 0. The Kier molecular flexibility index (Phi) is 10.2. The molecule has 2 aromatic rings. The summed E-state index contributed by atoms with van der Waals surface area (Å²) in [5.41, 5.74) is 0.753. The second-order valence-corrected chi connectivity index (χ2v) is 10.9. The van der Waals surface area contributed by atoms with Gasteiger partial charge in [0, 0.05) is 19.0 Å². The van der Waals surface area contributed by atoms with Crippen LogP contribution in [0.4, 0.5) is 4.79 Å². The normalized spacial score (nSPS) is 14.7. The van der Waals surface area contributed by atoms with Crippen molar-refractivity contribution in [2.45, 2.75) is 89.9 Å². The number of rotatable bonds is 12. The first kappa shape index (κ1) is 29.0. The Balaban J connectivity index is 1.94. The molecule has 1 aliphatic carbocycles. The summed E-state index contributed by atoms with van der Waals surface area (Å²) < 4.78 is 5.47. The van der Waals surface area contributed by atoms with E-state index >= 15 is 0 Å². The molecule has 8 heteroatoms. The van der Waals surface area contributed by atoms with E-state index in [0.717, 1.165) is 37.7 Å². The molecular formula is C30H41N3O5. The van der Waals surface area contributed by atoms with Crippen LogP contribution in [0.25, 0.3) is 0 Å². The van der Waals surface area contributed by atoms with E-state index < -0.39 is 23.8 Å². The van der Waals surface area contributed by atoms with Gasteiger partial charge in [0.25, 0.3) is 0 Å². The first-order valence-corrected chi connectivity index (χ1v) is 13.5. The van der Waals surface area contributed by atoms with E-state index in [1.807, 2.05) is 30.3 Å². The number of phenols is 1. The zero-order valence-electron chi connectivity index (χ0n) is 22.9. The van der Waals surface area contributed by atoms with Gasteiger partial charge in [-0.05, 0) is 63.3 Å². The Labute approximate surface area is 225 Å². The van der Waals surface area contributed by atoms with Crippen molar-refractivity contribution < 1.29 is 24.2 Å². The van der Waals surface area contributed by atoms with Crippen molar-refractivity contribution in [2.75, 3.05) is 6.54 Å². The van der Waals surface area contributed by atoms with Crippen LogP contribution in [-0.4, -0.2) is 52.1 Å². The van der Waals surface area contributed by atoms with Gasteiger partial charge in [-0.25, -0.2) is 4.79 Å². The third kappa shape index (κ3) is 8.78. The SMILES string of the molecule is CCCCCNC(=O)C(c1ccc(O)cc1)N(C(=O)C(Cc1ccccc1)NC(=O)OC(C)(C)C)C1CC1. The zero-order chi connectivity index (χ0) is 27.7. The van der Waals surface area contributed by atoms with E-state index in [4.69, 9.17) is 4.74 Å². The lowest BCUT2D eigenvalue weighted by Gasteiger charge is -2.35. The Bertz CT molecular complexity index is 1060. The molecule has 3 rings (SSSR count). The van der Waals surface area contributed by atoms with Gasteiger partial charge in [0.1, 0.15) is 23.4 Å². The summed E-state index contributed by atoms with van der Waals surface area (Å²) in [7, 11) is 0. The number of carbonyl (C=O) groups excluding carboxylic acids is 3. The van der Waals surface area contributed by atoms with E-state index in [0.29, 0.717) is 12.1 Å². The van der Waals surface area contributed by atoms with Crippen LogP contribution in [-0.2, 0) is 20.7 Å². The summed E-state index contributed by atoms with van der Waals surface area (Å²) in [6, 6.07) is 13.9. The van der Waals surface area contributed by atoms with E-state index in [-0.39, 0.29) is 30.0 Å². The predicted octanol–water partition coefficient (Wildman–Crippen LogP) is 4.87. The number of amides is 3. The molecule has 0 radical (unpaired) electrons. The van der Waals surface area contributed by atoms with E-state index in [1.165, 1.54) is 12.1 Å². The molecule has 3 amide bonds. The van der Waals surface area contributed by atoms with Gasteiger partial charge in [-0.1, -0.05) is 62.2 Å². The van der Waals surface area contributed by atoms with Crippen LogP contribution in [0.5, 0.6) is 5.75 Å². The number of phenolic OH excluding ortho intramolecular Hbond substituents is 1. The van der Waals surface area contributed by atoms with Crippen molar-refractivity contribution in [1.82, 2.24) is 15.5 Å². The van der Waals surface area contributed by atoms with Gasteiger partial charge in [0.2, 0.25) is 11.8 Å². The highest BCUT2D eigenvalue weighted by atomic mass is 16.6. The molecule has 206 valence electrons. The van der Waals surface area contributed by atoms with Gasteiger partial charge < -0.3 is 25.4 Å². The number of aromatic hydroxyl groups is 1. The van der Waals surface area contributed by atoms with Crippen molar-refractivity contribution >= 4 is 17.9 Å². The van der Waals surface area contributed by atoms with Gasteiger partial charge >= 0.3 is 6.09 Å². The number of ether oxygens (including phenoxy) is 1. The van der Waals surface area contributed by atoms with Crippen LogP contribution in [0.2, 0.25) is 0 Å². The highest BCUT2D eigenvalue weighted by Crippen LogP contribution is 2.36. The van der Waals surface area contributed by atoms with Gasteiger partial charge in [0.05, 0.1) is 0 Å². The summed E-state index contributed by atoms with van der Waals surface area (Å²) in [6.45, 7) is 7.90. The molecule has 0 aromatic heterocycles. The molecule has 2 unspecified atom stereocenters. The van der Waals surface area contributed by atoms with Crippen molar-refractivity contribution in [3.05, 3.63) is 65.7 Å². The molecular weight excluding hydrogens is 482 g/mol. The third-order valence-corrected chi connectivity index (χ3v) is 6.28. The monoisotopic (exact) mass is 523 g/mol. The maximum atomic E-state index is 14.2. The minimum Gasteiger partial charge on any atom is -0.508 e. The molecule has 1 fully saturated rings. The lowest BCUT2D eigenvalue weighted by atomic mass is 10.00. The number of nitrogens with zero attached hydrogens (tertiary/aromatic N) is 1. The lowest BCUT2D eigenvalue weighted by molar-refractivity contribution is -0.143. The van der Waals surface area contributed by atoms with Crippen molar-refractivity contribution in [3.8, 4) is 5.75 Å². The number of carbonyl (C=O) groups is 3. The molecule has 0 saturated heterocycles. The fourth-order valence-corrected chi connectivity index (χ4v) is 4.33. The first-order valence-electron chi connectivity index (χ1n) is 13.5. The molecule has 1 saturated carbocycles. The number of alkyl carbamates (subject to hydrolysis) is 1. The molecule has 2 aromatic carbocycles. The van der Waals surface area contributed by atoms with Gasteiger partial charge in [0.15, 0.2) is 0 Å². The number of unbranched alkanes of at least 4 members (excludes halogenated alkanes) is 2. The molecule has 2 atom stereocenters. The summed E-state index contributed by atoms with van der Waals surface area (Å²) in [5, 5.41) is 15.6. The molecule has 1 aliphatic rings. The van der Waals surface area contributed by atoms with Crippen LogP contribution in [0, 0.1) is 0 Å². The molecule has 3 N–H and O–H groups in total. The molecule has 0 aliphatic heterocycles. The average molecular weight is 524 g/mol. The van der Waals surface area contributed by atoms with Gasteiger partial charge in [-0.2, -0.15) is 0 Å². The summed E-state index contributed by atoms with van der Waals surface area (Å²) in [4.78, 5) is 42.2. The quantitative estimate of drug-likeness (QED) is 0.344. The fraction of sp³-hybridized carbons (Fsp3) is 0.500. The number of nitrogens with one attached hydrogen (secondary N) is 2. The Hall–Kier alpha value is -3.55. The Morgan fingerprint density at radius 2 is 1.68 bits per heavy atom. The van der Waals surface area contributed by atoms with Crippen molar-refractivity contribution in [2.24, 2.45) is 0 Å². The van der Waals surface area contributed by atoms with E-state index in [9.17, 15) is 19.5 Å². The smallest absolute Gasteiger partial charge is 0.408 e. The fourth-order valence-electron chi connectivity index (χ4n) is 4.33. The van der Waals surface area contributed by atoms with Crippen LogP contribution < -0.4 is 10.6 Å². The molecule has 0 bridgehead atoms. The number of hydrogen-bond acceptors (Lipinski definition) is 5. The van der Waals surface area contributed by atoms with Crippen LogP contribution in [0.3, 0.4) is 0 Å². The third-order valence-electron chi connectivity index (χ3n) is 6.28. The van der Waals surface area contributed by atoms with Crippen LogP contribution in [0.15, 0.2) is 54.6 Å². The highest BCUT2D eigenvalue weighted by molar-refractivity contribution is 5.92. The average Bonchev–Trinajstić information content (AvgIpc) is 3.70. The molecule has 0 heterocycles. The maximum absolute atomic E-state index is 14.2. The lowest BCUT2D eigenvalue weighted by Crippen LogP contribution is -2.54. The molecule has 8 nitrogen and oxygen atoms in total. The van der Waals surface area contributed by atoms with Gasteiger partial charge in [-0.3, -0.25) is 9.59 Å². The number of hydrogen-bond donors (Lipinski definition) is 3. The van der Waals surface area contributed by atoms with E-state index in [1.54, 1.807) is 37.8 Å². The van der Waals surface area contributed by atoms with Gasteiger partial charge in [-0.15, -0.1) is 0 Å². The highest BCUT2D eigenvalue weighted by Gasteiger charge is 2.44. The topological polar surface area (TPSA) is 108 Å². The predicted molar refractivity (Wildman–Crippen MR) is 147 cm³/mol. The number of benzene rings is 2. The minimum atomic E-state index is -0.930.